The summed E-state index contributed by atoms with van der Waals surface area (Å²) in [4.78, 5) is 25.2. The van der Waals surface area contributed by atoms with Crippen LogP contribution in [0.5, 0.6) is 0 Å². The van der Waals surface area contributed by atoms with Gasteiger partial charge < -0.3 is 16.0 Å². The van der Waals surface area contributed by atoms with Crippen LogP contribution in [0.1, 0.15) is 25.3 Å². The average molecular weight is 289 g/mol. The van der Waals surface area contributed by atoms with Gasteiger partial charge in [0.05, 0.1) is 6.04 Å². The first-order valence-corrected chi connectivity index (χ1v) is 7.41. The van der Waals surface area contributed by atoms with Crippen LogP contribution < -0.4 is 11.1 Å². The lowest BCUT2D eigenvalue weighted by atomic mass is 10.0. The SMILES string of the molecule is CC(=O)N1CCC(NC(=O)[C@H](N)Cc2ccccc2)CC1. The Hall–Kier alpha value is -1.88. The second-order valence-electron chi connectivity index (χ2n) is 5.59. The Morgan fingerprint density at radius 1 is 1.29 bits per heavy atom. The largest absolute Gasteiger partial charge is 0.352 e. The average Bonchev–Trinajstić information content (AvgIpc) is 2.48. The summed E-state index contributed by atoms with van der Waals surface area (Å²) in [6.07, 6.45) is 2.13. The van der Waals surface area contributed by atoms with Crippen LogP contribution in [0.4, 0.5) is 0 Å². The normalized spacial score (nSPS) is 17.3. The van der Waals surface area contributed by atoms with E-state index in [0.717, 1.165) is 18.4 Å². The fourth-order valence-corrected chi connectivity index (χ4v) is 2.61. The lowest BCUT2D eigenvalue weighted by Gasteiger charge is -2.32. The second kappa shape index (κ2) is 7.22. The van der Waals surface area contributed by atoms with Gasteiger partial charge in [-0.15, -0.1) is 0 Å². The van der Waals surface area contributed by atoms with E-state index in [1.807, 2.05) is 35.2 Å². The molecule has 0 aliphatic carbocycles. The highest BCUT2D eigenvalue weighted by Crippen LogP contribution is 2.11. The number of piperidine rings is 1. The summed E-state index contributed by atoms with van der Waals surface area (Å²) in [6.45, 7) is 2.98. The van der Waals surface area contributed by atoms with Crippen molar-refractivity contribution in [3.05, 3.63) is 35.9 Å². The summed E-state index contributed by atoms with van der Waals surface area (Å²) in [5.41, 5.74) is 7.03. The topological polar surface area (TPSA) is 75.4 Å². The molecule has 1 saturated heterocycles. The highest BCUT2D eigenvalue weighted by atomic mass is 16.2. The molecule has 0 spiro atoms. The molecule has 5 nitrogen and oxygen atoms in total. The number of rotatable bonds is 4. The lowest BCUT2D eigenvalue weighted by Crippen LogP contribution is -2.50. The third kappa shape index (κ3) is 4.56. The molecule has 0 unspecified atom stereocenters. The molecule has 0 bridgehead atoms. The molecule has 21 heavy (non-hydrogen) atoms. The number of carbonyl (C=O) groups excluding carboxylic acids is 2. The molecule has 1 aliphatic heterocycles. The maximum absolute atomic E-state index is 12.1. The number of carbonyl (C=O) groups is 2. The van der Waals surface area contributed by atoms with Crippen molar-refractivity contribution >= 4 is 11.8 Å². The summed E-state index contributed by atoms with van der Waals surface area (Å²) in [5, 5.41) is 3.00. The van der Waals surface area contributed by atoms with E-state index < -0.39 is 6.04 Å². The molecule has 0 aromatic heterocycles. The van der Waals surface area contributed by atoms with Gasteiger partial charge in [0, 0.05) is 26.1 Å². The van der Waals surface area contributed by atoms with E-state index in [2.05, 4.69) is 5.32 Å². The van der Waals surface area contributed by atoms with Gasteiger partial charge in [-0.25, -0.2) is 0 Å². The molecule has 1 aliphatic rings. The monoisotopic (exact) mass is 289 g/mol. The summed E-state index contributed by atoms with van der Waals surface area (Å²) >= 11 is 0. The van der Waals surface area contributed by atoms with Crippen molar-refractivity contribution in [3.63, 3.8) is 0 Å². The van der Waals surface area contributed by atoms with Crippen molar-refractivity contribution in [2.75, 3.05) is 13.1 Å². The Morgan fingerprint density at radius 2 is 1.90 bits per heavy atom. The summed E-state index contributed by atoms with van der Waals surface area (Å²) in [7, 11) is 0. The number of benzene rings is 1. The van der Waals surface area contributed by atoms with Crippen molar-refractivity contribution in [2.24, 2.45) is 5.73 Å². The summed E-state index contributed by atoms with van der Waals surface area (Å²) in [6, 6.07) is 9.36. The van der Waals surface area contributed by atoms with Crippen molar-refractivity contribution < 1.29 is 9.59 Å². The molecular weight excluding hydrogens is 266 g/mol. The molecule has 1 heterocycles. The summed E-state index contributed by atoms with van der Waals surface area (Å²) < 4.78 is 0. The smallest absolute Gasteiger partial charge is 0.237 e. The maximum atomic E-state index is 12.1. The predicted molar refractivity (Wildman–Crippen MR) is 81.5 cm³/mol. The van der Waals surface area contributed by atoms with Crippen LogP contribution in [0, 0.1) is 0 Å². The highest BCUT2D eigenvalue weighted by Gasteiger charge is 2.23. The molecule has 1 atom stereocenters. The van der Waals surface area contributed by atoms with Crippen LogP contribution in [-0.2, 0) is 16.0 Å². The predicted octanol–water partition coefficient (Wildman–Crippen LogP) is 0.684. The van der Waals surface area contributed by atoms with E-state index >= 15 is 0 Å². The van der Waals surface area contributed by atoms with Crippen molar-refractivity contribution in [1.29, 1.82) is 0 Å². The zero-order chi connectivity index (χ0) is 15.2. The summed E-state index contributed by atoms with van der Waals surface area (Å²) in [5.74, 6) is -0.0133. The standard InChI is InChI=1S/C16H23N3O2/c1-12(20)19-9-7-14(8-10-19)18-16(21)15(17)11-13-5-3-2-4-6-13/h2-6,14-15H,7-11,17H2,1H3,(H,18,21)/t15-/m1/s1. The van der Waals surface area contributed by atoms with Gasteiger partial charge in [-0.1, -0.05) is 30.3 Å². The third-order valence-electron chi connectivity index (χ3n) is 3.92. The van der Waals surface area contributed by atoms with E-state index in [1.54, 1.807) is 6.92 Å². The number of likely N-dealkylation sites (tertiary alicyclic amines) is 1. The van der Waals surface area contributed by atoms with Crippen LogP contribution in [0.2, 0.25) is 0 Å². The van der Waals surface area contributed by atoms with Gasteiger partial charge in [-0.3, -0.25) is 9.59 Å². The van der Waals surface area contributed by atoms with Crippen molar-refractivity contribution in [1.82, 2.24) is 10.2 Å². The van der Waals surface area contributed by atoms with Crippen molar-refractivity contribution in [3.8, 4) is 0 Å². The Balaban J connectivity index is 1.78. The van der Waals surface area contributed by atoms with Crippen LogP contribution >= 0.6 is 0 Å². The number of hydrogen-bond donors (Lipinski definition) is 2. The molecule has 2 rings (SSSR count). The molecule has 1 fully saturated rings. The van der Waals surface area contributed by atoms with Crippen molar-refractivity contribution in [2.45, 2.75) is 38.3 Å². The molecule has 1 aromatic rings. The zero-order valence-corrected chi connectivity index (χ0v) is 12.4. The molecule has 114 valence electrons. The maximum Gasteiger partial charge on any atom is 0.237 e. The van der Waals surface area contributed by atoms with Gasteiger partial charge in [0.2, 0.25) is 11.8 Å². The zero-order valence-electron chi connectivity index (χ0n) is 12.4. The first-order valence-electron chi connectivity index (χ1n) is 7.41. The van der Waals surface area contributed by atoms with Crippen LogP contribution in [0.25, 0.3) is 0 Å². The van der Waals surface area contributed by atoms with Gasteiger partial charge in [0.15, 0.2) is 0 Å². The van der Waals surface area contributed by atoms with Crippen LogP contribution in [-0.4, -0.2) is 41.9 Å². The highest BCUT2D eigenvalue weighted by molar-refractivity contribution is 5.82. The minimum atomic E-state index is -0.529. The van der Waals surface area contributed by atoms with Gasteiger partial charge in [0.1, 0.15) is 0 Å². The molecule has 1 aromatic carbocycles. The first kappa shape index (κ1) is 15.5. The number of nitrogens with two attached hydrogens (primary N) is 1. The molecule has 3 N–H and O–H groups in total. The number of hydrogen-bond acceptors (Lipinski definition) is 3. The molecular formula is C16H23N3O2. The quantitative estimate of drug-likeness (QED) is 0.856. The Bertz CT molecular complexity index is 482. The third-order valence-corrected chi connectivity index (χ3v) is 3.92. The Kier molecular flexibility index (Phi) is 5.33. The minimum Gasteiger partial charge on any atom is -0.352 e. The van der Waals surface area contributed by atoms with Gasteiger partial charge in [0.25, 0.3) is 0 Å². The Morgan fingerprint density at radius 3 is 2.48 bits per heavy atom. The van der Waals surface area contributed by atoms with Gasteiger partial charge in [-0.05, 0) is 24.8 Å². The molecule has 2 amide bonds. The second-order valence-corrected chi connectivity index (χ2v) is 5.59. The first-order chi connectivity index (χ1) is 10.1. The van der Waals surface area contributed by atoms with Crippen LogP contribution in [0.15, 0.2) is 30.3 Å². The fraction of sp³-hybridized carbons (Fsp3) is 0.500. The number of nitrogens with one attached hydrogen (secondary N) is 1. The van der Waals surface area contributed by atoms with E-state index in [1.165, 1.54) is 0 Å². The number of amides is 2. The molecule has 5 heteroatoms. The van der Waals surface area contributed by atoms with E-state index in [4.69, 9.17) is 5.73 Å². The van der Waals surface area contributed by atoms with Gasteiger partial charge >= 0.3 is 0 Å². The molecule has 0 radical (unpaired) electrons. The Labute approximate surface area is 125 Å². The minimum absolute atomic E-state index is 0.0977. The van der Waals surface area contributed by atoms with E-state index in [9.17, 15) is 9.59 Å². The van der Waals surface area contributed by atoms with E-state index in [-0.39, 0.29) is 17.9 Å². The van der Waals surface area contributed by atoms with Crippen LogP contribution in [0.3, 0.4) is 0 Å². The van der Waals surface area contributed by atoms with Gasteiger partial charge in [-0.2, -0.15) is 0 Å². The number of nitrogens with zero attached hydrogens (tertiary/aromatic N) is 1. The van der Waals surface area contributed by atoms with E-state index in [0.29, 0.717) is 19.5 Å². The fourth-order valence-electron chi connectivity index (χ4n) is 2.61. The molecule has 0 saturated carbocycles. The lowest BCUT2D eigenvalue weighted by molar-refractivity contribution is -0.130.